The minimum absolute atomic E-state index is 0.0380. The molecule has 24 heavy (non-hydrogen) atoms. The lowest BCUT2D eigenvalue weighted by atomic mass is 10.2. The average Bonchev–Trinajstić information content (AvgIpc) is 2.59. The highest BCUT2D eigenvalue weighted by Crippen LogP contribution is 2.12. The number of nitrogens with zero attached hydrogens (tertiary/aromatic N) is 1. The van der Waals surface area contributed by atoms with Gasteiger partial charge in [0.2, 0.25) is 0 Å². The molecular formula is C15H13FN4O4. The molecule has 0 heterocycles. The van der Waals surface area contributed by atoms with Gasteiger partial charge in [0.15, 0.2) is 0 Å². The molecule has 0 bridgehead atoms. The molecule has 124 valence electrons. The molecule has 0 aromatic heterocycles. The van der Waals surface area contributed by atoms with E-state index in [9.17, 15) is 24.1 Å². The summed E-state index contributed by atoms with van der Waals surface area (Å²) in [6.07, 6.45) is 0. The van der Waals surface area contributed by atoms with Gasteiger partial charge in [-0.25, -0.2) is 4.39 Å². The lowest BCUT2D eigenvalue weighted by molar-refractivity contribution is -0.384. The van der Waals surface area contributed by atoms with E-state index in [-0.39, 0.29) is 17.8 Å². The monoisotopic (exact) mass is 332 g/mol. The third-order valence-electron chi connectivity index (χ3n) is 2.93. The summed E-state index contributed by atoms with van der Waals surface area (Å²) < 4.78 is 12.7. The van der Waals surface area contributed by atoms with Crippen LogP contribution in [0.4, 0.5) is 15.8 Å². The van der Waals surface area contributed by atoms with E-state index in [0.29, 0.717) is 5.69 Å². The van der Waals surface area contributed by atoms with Crippen molar-refractivity contribution in [2.24, 2.45) is 0 Å². The van der Waals surface area contributed by atoms with Crippen LogP contribution < -0.4 is 16.2 Å². The zero-order chi connectivity index (χ0) is 17.5. The summed E-state index contributed by atoms with van der Waals surface area (Å²) in [6.45, 7) is -0.152. The molecule has 0 atom stereocenters. The predicted molar refractivity (Wildman–Crippen MR) is 83.6 cm³/mol. The lowest BCUT2D eigenvalue weighted by Gasteiger charge is -2.09. The maximum Gasteiger partial charge on any atom is 0.270 e. The van der Waals surface area contributed by atoms with Gasteiger partial charge in [-0.2, -0.15) is 0 Å². The summed E-state index contributed by atoms with van der Waals surface area (Å²) in [5.41, 5.74) is 4.66. The van der Waals surface area contributed by atoms with Crippen LogP contribution in [0.1, 0.15) is 10.4 Å². The number of rotatable bonds is 5. The van der Waals surface area contributed by atoms with Crippen LogP contribution in [0, 0.1) is 15.9 Å². The Balaban J connectivity index is 1.82. The van der Waals surface area contributed by atoms with Gasteiger partial charge in [0, 0.05) is 23.4 Å². The second-order valence-electron chi connectivity index (χ2n) is 4.67. The topological polar surface area (TPSA) is 113 Å². The first-order valence-electron chi connectivity index (χ1n) is 6.79. The van der Waals surface area contributed by atoms with E-state index in [4.69, 9.17) is 0 Å². The Kier molecular flexibility index (Phi) is 5.40. The van der Waals surface area contributed by atoms with Gasteiger partial charge < -0.3 is 5.32 Å². The van der Waals surface area contributed by atoms with Crippen LogP contribution in [0.2, 0.25) is 0 Å². The van der Waals surface area contributed by atoms with Gasteiger partial charge in [0.25, 0.3) is 17.5 Å². The fourth-order valence-corrected chi connectivity index (χ4v) is 1.75. The molecule has 0 unspecified atom stereocenters. The third-order valence-corrected chi connectivity index (χ3v) is 2.93. The molecule has 0 aliphatic rings. The molecule has 0 saturated carbocycles. The van der Waals surface area contributed by atoms with Crippen molar-refractivity contribution in [2.45, 2.75) is 0 Å². The van der Waals surface area contributed by atoms with Gasteiger partial charge in [-0.3, -0.25) is 30.6 Å². The van der Waals surface area contributed by atoms with E-state index >= 15 is 0 Å². The van der Waals surface area contributed by atoms with Crippen molar-refractivity contribution in [2.75, 3.05) is 11.9 Å². The van der Waals surface area contributed by atoms with Crippen molar-refractivity contribution < 1.29 is 18.9 Å². The van der Waals surface area contributed by atoms with E-state index in [1.54, 1.807) is 0 Å². The number of carbonyl (C=O) groups is 2. The fourth-order valence-electron chi connectivity index (χ4n) is 1.75. The minimum Gasteiger partial charge on any atom is -0.376 e. The number of benzene rings is 2. The molecule has 2 aromatic rings. The quantitative estimate of drug-likeness (QED) is 0.568. The SMILES string of the molecule is O=C(CNc1ccc(F)cc1)NNC(=O)c1cccc([N+](=O)[O-])c1. The van der Waals surface area contributed by atoms with Gasteiger partial charge in [0.05, 0.1) is 11.5 Å². The van der Waals surface area contributed by atoms with E-state index in [1.807, 2.05) is 0 Å². The van der Waals surface area contributed by atoms with Crippen molar-refractivity contribution in [3.05, 3.63) is 70.0 Å². The van der Waals surface area contributed by atoms with E-state index in [1.165, 1.54) is 42.5 Å². The summed E-state index contributed by atoms with van der Waals surface area (Å²) in [5.74, 6) is -1.62. The molecule has 0 aliphatic carbocycles. The number of halogens is 1. The molecule has 0 spiro atoms. The van der Waals surface area contributed by atoms with Crippen LogP contribution >= 0.6 is 0 Å². The van der Waals surface area contributed by atoms with E-state index in [0.717, 1.165) is 6.07 Å². The third kappa shape index (κ3) is 4.77. The molecule has 2 amide bonds. The van der Waals surface area contributed by atoms with Gasteiger partial charge in [-0.1, -0.05) is 6.07 Å². The number of non-ortho nitro benzene ring substituents is 1. The molecule has 8 nitrogen and oxygen atoms in total. The smallest absolute Gasteiger partial charge is 0.270 e. The first kappa shape index (κ1) is 16.9. The summed E-state index contributed by atoms with van der Waals surface area (Å²) in [4.78, 5) is 33.5. The van der Waals surface area contributed by atoms with Crippen LogP contribution in [0.5, 0.6) is 0 Å². The molecule has 9 heteroatoms. The summed E-state index contributed by atoms with van der Waals surface area (Å²) in [6, 6.07) is 10.5. The Morgan fingerprint density at radius 3 is 2.46 bits per heavy atom. The van der Waals surface area contributed by atoms with Gasteiger partial charge in [-0.05, 0) is 30.3 Å². The van der Waals surface area contributed by atoms with Crippen LogP contribution in [-0.4, -0.2) is 23.3 Å². The maximum atomic E-state index is 12.7. The lowest BCUT2D eigenvalue weighted by Crippen LogP contribution is -2.44. The minimum atomic E-state index is -0.686. The number of nitrogens with one attached hydrogen (secondary N) is 3. The number of hydrogen-bond acceptors (Lipinski definition) is 5. The Bertz CT molecular complexity index is 764. The highest BCUT2D eigenvalue weighted by Gasteiger charge is 2.12. The summed E-state index contributed by atoms with van der Waals surface area (Å²) >= 11 is 0. The highest BCUT2D eigenvalue weighted by atomic mass is 19.1. The first-order chi connectivity index (χ1) is 11.5. The first-order valence-corrected chi connectivity index (χ1v) is 6.79. The van der Waals surface area contributed by atoms with Crippen molar-refractivity contribution in [1.29, 1.82) is 0 Å². The Morgan fingerprint density at radius 1 is 1.08 bits per heavy atom. The van der Waals surface area contributed by atoms with Gasteiger partial charge >= 0.3 is 0 Å². The molecule has 0 saturated heterocycles. The number of anilines is 1. The molecule has 2 rings (SSSR count). The fraction of sp³-hybridized carbons (Fsp3) is 0.0667. The molecule has 3 N–H and O–H groups in total. The largest absolute Gasteiger partial charge is 0.376 e. The standard InChI is InChI=1S/C15H13FN4O4/c16-11-4-6-12(7-5-11)17-9-14(21)18-19-15(22)10-2-1-3-13(8-10)20(23)24/h1-8,17H,9H2,(H,18,21)(H,19,22). The second kappa shape index (κ2) is 7.68. The van der Waals surface area contributed by atoms with E-state index < -0.39 is 22.6 Å². The van der Waals surface area contributed by atoms with Gasteiger partial charge in [0.1, 0.15) is 5.82 Å². The highest BCUT2D eigenvalue weighted by molar-refractivity contribution is 5.96. The number of hydrogen-bond donors (Lipinski definition) is 3. The Labute approximate surface area is 135 Å². The molecular weight excluding hydrogens is 319 g/mol. The van der Waals surface area contributed by atoms with Crippen LogP contribution in [0.3, 0.4) is 0 Å². The van der Waals surface area contributed by atoms with Crippen molar-refractivity contribution in [1.82, 2.24) is 10.9 Å². The van der Waals surface area contributed by atoms with Crippen molar-refractivity contribution >= 4 is 23.2 Å². The van der Waals surface area contributed by atoms with Crippen LogP contribution in [-0.2, 0) is 4.79 Å². The zero-order valence-corrected chi connectivity index (χ0v) is 12.3. The molecule has 0 fully saturated rings. The Hall–Kier alpha value is -3.49. The zero-order valence-electron chi connectivity index (χ0n) is 12.3. The number of nitro groups is 1. The van der Waals surface area contributed by atoms with Crippen molar-refractivity contribution in [3.63, 3.8) is 0 Å². The van der Waals surface area contributed by atoms with Crippen LogP contribution in [0.15, 0.2) is 48.5 Å². The van der Waals surface area contributed by atoms with E-state index in [2.05, 4.69) is 16.2 Å². The number of carbonyl (C=O) groups excluding carboxylic acids is 2. The number of hydrazine groups is 1. The summed E-state index contributed by atoms with van der Waals surface area (Å²) in [5, 5.41) is 13.4. The van der Waals surface area contributed by atoms with Crippen molar-refractivity contribution in [3.8, 4) is 0 Å². The van der Waals surface area contributed by atoms with Gasteiger partial charge in [-0.15, -0.1) is 0 Å². The second-order valence-corrected chi connectivity index (χ2v) is 4.67. The summed E-state index contributed by atoms with van der Waals surface area (Å²) in [7, 11) is 0. The normalized spacial score (nSPS) is 9.88. The number of nitro benzene ring substituents is 1. The van der Waals surface area contributed by atoms with Crippen LogP contribution in [0.25, 0.3) is 0 Å². The Morgan fingerprint density at radius 2 is 1.79 bits per heavy atom. The predicted octanol–water partition coefficient (Wildman–Crippen LogP) is 1.61. The molecule has 0 radical (unpaired) electrons. The average molecular weight is 332 g/mol. The molecule has 0 aliphatic heterocycles. The molecule has 2 aromatic carbocycles. The number of amides is 2. The maximum absolute atomic E-state index is 12.7.